The van der Waals surface area contributed by atoms with E-state index in [9.17, 15) is 0 Å². The number of benzene rings is 1. The van der Waals surface area contributed by atoms with Crippen LogP contribution in [0.3, 0.4) is 0 Å². The molecule has 17 heavy (non-hydrogen) atoms. The number of nitrogens with one attached hydrogen (secondary N) is 2. The van der Waals surface area contributed by atoms with E-state index in [0.717, 1.165) is 17.3 Å². The highest BCUT2D eigenvalue weighted by atomic mass is 32.1. The number of rotatable bonds is 2. The number of aromatic nitrogens is 3. The summed E-state index contributed by atoms with van der Waals surface area (Å²) in [6, 6.07) is 9.73. The lowest BCUT2D eigenvalue weighted by molar-refractivity contribution is 0.874. The predicted molar refractivity (Wildman–Crippen MR) is 71.5 cm³/mol. The van der Waals surface area contributed by atoms with Crippen LogP contribution in [0.5, 0.6) is 0 Å². The van der Waals surface area contributed by atoms with Gasteiger partial charge in [-0.3, -0.25) is 5.43 Å². The van der Waals surface area contributed by atoms with Crippen molar-refractivity contribution in [1.82, 2.24) is 14.9 Å². The second kappa shape index (κ2) is 4.92. The second-order valence-corrected chi connectivity index (χ2v) is 3.97. The van der Waals surface area contributed by atoms with Crippen molar-refractivity contribution in [3.63, 3.8) is 0 Å². The van der Waals surface area contributed by atoms with Crippen LogP contribution in [0.25, 0.3) is 0 Å². The van der Waals surface area contributed by atoms with Gasteiger partial charge in [0.1, 0.15) is 11.6 Å². The summed E-state index contributed by atoms with van der Waals surface area (Å²) in [5.74, 6) is 1.53. The molecule has 2 aromatic rings. The summed E-state index contributed by atoms with van der Waals surface area (Å²) < 4.78 is 1.73. The molecule has 0 aliphatic carbocycles. The zero-order chi connectivity index (χ0) is 12.3. The summed E-state index contributed by atoms with van der Waals surface area (Å²) in [4.78, 5) is 0. The molecule has 0 bridgehead atoms. The van der Waals surface area contributed by atoms with Gasteiger partial charge in [0.15, 0.2) is 5.11 Å². The summed E-state index contributed by atoms with van der Waals surface area (Å²) in [6.45, 7) is 3.72. The predicted octanol–water partition coefficient (Wildman–Crippen LogP) is 1.84. The fraction of sp³-hybridized carbons (Fsp3) is 0.182. The third-order valence-corrected chi connectivity index (χ3v) is 2.43. The summed E-state index contributed by atoms with van der Waals surface area (Å²) in [5, 5.41) is 11.5. The zero-order valence-corrected chi connectivity index (χ0v) is 10.5. The lowest BCUT2D eigenvalue weighted by atomic mass is 10.3. The van der Waals surface area contributed by atoms with E-state index < -0.39 is 0 Å². The molecule has 88 valence electrons. The van der Waals surface area contributed by atoms with Crippen molar-refractivity contribution >= 4 is 23.0 Å². The van der Waals surface area contributed by atoms with Crippen molar-refractivity contribution in [3.8, 4) is 0 Å². The minimum absolute atomic E-state index is 0.502. The first-order valence-electron chi connectivity index (χ1n) is 5.18. The number of anilines is 1. The molecule has 1 heterocycles. The Morgan fingerprint density at radius 1 is 1.12 bits per heavy atom. The Morgan fingerprint density at radius 2 is 1.71 bits per heavy atom. The van der Waals surface area contributed by atoms with Gasteiger partial charge >= 0.3 is 0 Å². The average molecular weight is 247 g/mol. The first-order chi connectivity index (χ1) is 8.16. The standard InChI is InChI=1S/C11H13N5S/c1-8-13-14-9(2)16(8)15-11(17)12-10-6-4-3-5-7-10/h3-7H,1-2H3,(H2,12,15,17). The van der Waals surface area contributed by atoms with Gasteiger partial charge in [-0.1, -0.05) is 18.2 Å². The molecule has 0 aliphatic heterocycles. The van der Waals surface area contributed by atoms with E-state index in [1.165, 1.54) is 0 Å². The maximum absolute atomic E-state index is 5.20. The van der Waals surface area contributed by atoms with Gasteiger partial charge < -0.3 is 5.32 Å². The fourth-order valence-corrected chi connectivity index (χ4v) is 1.62. The molecule has 0 spiro atoms. The Hall–Kier alpha value is -1.95. The van der Waals surface area contributed by atoms with Crippen LogP contribution in [0.15, 0.2) is 30.3 Å². The van der Waals surface area contributed by atoms with Crippen LogP contribution in [-0.4, -0.2) is 20.0 Å². The molecule has 1 aromatic heterocycles. The van der Waals surface area contributed by atoms with Crippen molar-refractivity contribution in [2.75, 3.05) is 10.7 Å². The number of hydrogen-bond acceptors (Lipinski definition) is 3. The number of nitrogens with zero attached hydrogens (tertiary/aromatic N) is 3. The SMILES string of the molecule is Cc1nnc(C)n1NC(=S)Nc1ccccc1. The van der Waals surface area contributed by atoms with Crippen LogP contribution < -0.4 is 10.7 Å². The molecule has 0 saturated heterocycles. The highest BCUT2D eigenvalue weighted by Crippen LogP contribution is 2.05. The molecule has 0 radical (unpaired) electrons. The molecule has 0 amide bonds. The Balaban J connectivity index is 2.03. The molecule has 0 unspecified atom stereocenters. The second-order valence-electron chi connectivity index (χ2n) is 3.56. The number of thiocarbonyl (C=S) groups is 1. The molecule has 2 rings (SSSR count). The van der Waals surface area contributed by atoms with Crippen LogP contribution in [0.1, 0.15) is 11.6 Å². The summed E-state index contributed by atoms with van der Waals surface area (Å²) in [6.07, 6.45) is 0. The fourth-order valence-electron chi connectivity index (χ4n) is 1.41. The van der Waals surface area contributed by atoms with Crippen LogP contribution in [0.2, 0.25) is 0 Å². The largest absolute Gasteiger partial charge is 0.331 e. The van der Waals surface area contributed by atoms with Crippen LogP contribution in [-0.2, 0) is 0 Å². The van der Waals surface area contributed by atoms with E-state index in [-0.39, 0.29) is 0 Å². The highest BCUT2D eigenvalue weighted by Gasteiger charge is 2.05. The van der Waals surface area contributed by atoms with Crippen molar-refractivity contribution in [2.24, 2.45) is 0 Å². The lowest BCUT2D eigenvalue weighted by Crippen LogP contribution is -2.29. The first kappa shape index (κ1) is 11.5. The molecular formula is C11H13N5S. The summed E-state index contributed by atoms with van der Waals surface area (Å²) in [7, 11) is 0. The van der Waals surface area contributed by atoms with Crippen molar-refractivity contribution in [3.05, 3.63) is 42.0 Å². The van der Waals surface area contributed by atoms with Crippen molar-refractivity contribution in [2.45, 2.75) is 13.8 Å². The Kier molecular flexibility index (Phi) is 3.34. The normalized spacial score (nSPS) is 10.0. The first-order valence-corrected chi connectivity index (χ1v) is 5.59. The van der Waals surface area contributed by atoms with E-state index in [1.807, 2.05) is 44.2 Å². The minimum Gasteiger partial charge on any atom is -0.331 e. The molecule has 0 fully saturated rings. The third kappa shape index (κ3) is 2.79. The Morgan fingerprint density at radius 3 is 2.29 bits per heavy atom. The Labute approximate surface area is 105 Å². The topological polar surface area (TPSA) is 54.8 Å². The smallest absolute Gasteiger partial charge is 0.190 e. The maximum Gasteiger partial charge on any atom is 0.190 e. The van der Waals surface area contributed by atoms with Gasteiger partial charge in [-0.05, 0) is 38.2 Å². The van der Waals surface area contributed by atoms with Crippen LogP contribution in [0.4, 0.5) is 5.69 Å². The van der Waals surface area contributed by atoms with E-state index in [1.54, 1.807) is 4.68 Å². The van der Waals surface area contributed by atoms with Gasteiger partial charge in [0.25, 0.3) is 0 Å². The van der Waals surface area contributed by atoms with E-state index >= 15 is 0 Å². The van der Waals surface area contributed by atoms with Gasteiger partial charge in [-0.15, -0.1) is 10.2 Å². The molecule has 1 aromatic carbocycles. The lowest BCUT2D eigenvalue weighted by Gasteiger charge is -2.12. The summed E-state index contributed by atoms with van der Waals surface area (Å²) in [5.41, 5.74) is 3.96. The van der Waals surface area contributed by atoms with Crippen LogP contribution in [0, 0.1) is 13.8 Å². The maximum atomic E-state index is 5.20. The van der Waals surface area contributed by atoms with Gasteiger partial charge in [-0.25, -0.2) is 4.68 Å². The molecule has 0 saturated carbocycles. The molecule has 2 N–H and O–H groups in total. The molecular weight excluding hydrogens is 234 g/mol. The number of aryl methyl sites for hydroxylation is 2. The van der Waals surface area contributed by atoms with E-state index in [2.05, 4.69) is 20.9 Å². The minimum atomic E-state index is 0.502. The summed E-state index contributed by atoms with van der Waals surface area (Å²) >= 11 is 5.20. The van der Waals surface area contributed by atoms with Crippen molar-refractivity contribution < 1.29 is 0 Å². The zero-order valence-electron chi connectivity index (χ0n) is 9.64. The van der Waals surface area contributed by atoms with E-state index in [0.29, 0.717) is 5.11 Å². The Bertz CT molecular complexity index is 500. The quantitative estimate of drug-likeness (QED) is 0.793. The molecule has 6 heteroatoms. The number of hydrogen-bond donors (Lipinski definition) is 2. The molecule has 0 aliphatic rings. The van der Waals surface area contributed by atoms with E-state index in [4.69, 9.17) is 12.2 Å². The third-order valence-electron chi connectivity index (χ3n) is 2.23. The molecule has 0 atom stereocenters. The van der Waals surface area contributed by atoms with Crippen LogP contribution >= 0.6 is 12.2 Å². The average Bonchev–Trinajstić information content (AvgIpc) is 2.62. The molecule has 5 nitrogen and oxygen atoms in total. The van der Waals surface area contributed by atoms with Gasteiger partial charge in [0.2, 0.25) is 0 Å². The van der Waals surface area contributed by atoms with Gasteiger partial charge in [-0.2, -0.15) is 0 Å². The van der Waals surface area contributed by atoms with Gasteiger partial charge in [0, 0.05) is 5.69 Å². The monoisotopic (exact) mass is 247 g/mol. The van der Waals surface area contributed by atoms with Gasteiger partial charge in [0.05, 0.1) is 0 Å². The highest BCUT2D eigenvalue weighted by molar-refractivity contribution is 7.80. The van der Waals surface area contributed by atoms with Crippen molar-refractivity contribution in [1.29, 1.82) is 0 Å². The number of para-hydroxylation sites is 1.